The van der Waals surface area contributed by atoms with Crippen LogP contribution in [0.15, 0.2) is 29.2 Å². The van der Waals surface area contributed by atoms with E-state index in [-0.39, 0.29) is 6.04 Å². The molecule has 0 amide bonds. The predicted molar refractivity (Wildman–Crippen MR) is 85.3 cm³/mol. The first-order chi connectivity index (χ1) is 10.0. The molecule has 0 heterocycles. The SMILES string of the molecule is CCCC1CCC(NS(=O)(=O)c2cccc(CN)c2)CC1. The van der Waals surface area contributed by atoms with Gasteiger partial charge in [0.25, 0.3) is 0 Å². The minimum Gasteiger partial charge on any atom is -0.326 e. The van der Waals surface area contributed by atoms with Gasteiger partial charge >= 0.3 is 0 Å². The summed E-state index contributed by atoms with van der Waals surface area (Å²) in [5.41, 5.74) is 6.41. The van der Waals surface area contributed by atoms with E-state index in [0.29, 0.717) is 11.4 Å². The minimum atomic E-state index is -3.43. The third kappa shape index (κ3) is 4.53. The Morgan fingerprint density at radius 3 is 2.57 bits per heavy atom. The molecule has 0 unspecified atom stereocenters. The van der Waals surface area contributed by atoms with Crippen LogP contribution in [0.25, 0.3) is 0 Å². The van der Waals surface area contributed by atoms with Gasteiger partial charge in [0.05, 0.1) is 4.90 Å². The summed E-state index contributed by atoms with van der Waals surface area (Å²) in [5.74, 6) is 0.774. The predicted octanol–water partition coefficient (Wildman–Crippen LogP) is 2.78. The van der Waals surface area contributed by atoms with Gasteiger partial charge in [0.2, 0.25) is 10.0 Å². The monoisotopic (exact) mass is 310 g/mol. The van der Waals surface area contributed by atoms with Crippen LogP contribution in [0.2, 0.25) is 0 Å². The lowest BCUT2D eigenvalue weighted by Gasteiger charge is -2.28. The Balaban J connectivity index is 1.98. The molecule has 0 aliphatic heterocycles. The summed E-state index contributed by atoms with van der Waals surface area (Å²) < 4.78 is 27.7. The summed E-state index contributed by atoms with van der Waals surface area (Å²) in [7, 11) is -3.43. The van der Waals surface area contributed by atoms with Crippen LogP contribution in [0.1, 0.15) is 51.0 Å². The first-order valence-electron chi connectivity index (χ1n) is 7.86. The summed E-state index contributed by atoms with van der Waals surface area (Å²) in [6.45, 7) is 2.56. The van der Waals surface area contributed by atoms with Gasteiger partial charge in [-0.25, -0.2) is 13.1 Å². The lowest BCUT2D eigenvalue weighted by Crippen LogP contribution is -2.37. The van der Waals surface area contributed by atoms with Crippen LogP contribution in [0.5, 0.6) is 0 Å². The molecule has 1 aliphatic carbocycles. The first kappa shape index (κ1) is 16.5. The third-order valence-corrected chi connectivity index (χ3v) is 5.83. The molecule has 0 spiro atoms. The van der Waals surface area contributed by atoms with Crippen molar-refractivity contribution in [1.82, 2.24) is 4.72 Å². The Hall–Kier alpha value is -0.910. The molecule has 0 aromatic heterocycles. The fourth-order valence-corrected chi connectivity index (χ4v) is 4.48. The molecular weight excluding hydrogens is 284 g/mol. The van der Waals surface area contributed by atoms with Gasteiger partial charge in [0, 0.05) is 12.6 Å². The van der Waals surface area contributed by atoms with Crippen LogP contribution in [0, 0.1) is 5.92 Å². The topological polar surface area (TPSA) is 72.2 Å². The second-order valence-corrected chi connectivity index (χ2v) is 7.69. The molecule has 3 N–H and O–H groups in total. The summed E-state index contributed by atoms with van der Waals surface area (Å²) >= 11 is 0. The van der Waals surface area contributed by atoms with Gasteiger partial charge in [-0.05, 0) is 49.3 Å². The summed E-state index contributed by atoms with van der Waals surface area (Å²) in [6.07, 6.45) is 6.62. The normalized spacial score (nSPS) is 23.1. The third-order valence-electron chi connectivity index (χ3n) is 4.31. The van der Waals surface area contributed by atoms with E-state index in [4.69, 9.17) is 5.73 Å². The zero-order valence-electron chi connectivity index (χ0n) is 12.7. The van der Waals surface area contributed by atoms with Gasteiger partial charge in [-0.2, -0.15) is 0 Å². The molecule has 0 saturated heterocycles. The van der Waals surface area contributed by atoms with Crippen molar-refractivity contribution >= 4 is 10.0 Å². The molecule has 5 heteroatoms. The highest BCUT2D eigenvalue weighted by atomic mass is 32.2. The molecule has 1 fully saturated rings. The van der Waals surface area contributed by atoms with Gasteiger partial charge in [0.1, 0.15) is 0 Å². The Kier molecular flexibility index (Phi) is 5.79. The fourth-order valence-electron chi connectivity index (χ4n) is 3.10. The highest BCUT2D eigenvalue weighted by Gasteiger charge is 2.25. The quantitative estimate of drug-likeness (QED) is 0.848. The zero-order valence-corrected chi connectivity index (χ0v) is 13.5. The van der Waals surface area contributed by atoms with E-state index in [2.05, 4.69) is 11.6 Å². The van der Waals surface area contributed by atoms with Crippen LogP contribution in [-0.2, 0) is 16.6 Å². The summed E-state index contributed by atoms with van der Waals surface area (Å²) in [5, 5.41) is 0. The highest BCUT2D eigenvalue weighted by molar-refractivity contribution is 7.89. The first-order valence-corrected chi connectivity index (χ1v) is 9.34. The Morgan fingerprint density at radius 2 is 1.95 bits per heavy atom. The molecule has 1 aliphatic rings. The van der Waals surface area contributed by atoms with Gasteiger partial charge in [-0.3, -0.25) is 0 Å². The Labute approximate surface area is 128 Å². The molecule has 1 aromatic carbocycles. The lowest BCUT2D eigenvalue weighted by molar-refractivity contribution is 0.297. The van der Waals surface area contributed by atoms with E-state index >= 15 is 0 Å². The smallest absolute Gasteiger partial charge is 0.240 e. The largest absolute Gasteiger partial charge is 0.326 e. The Bertz CT molecular complexity index is 549. The molecule has 2 rings (SSSR count). The second kappa shape index (κ2) is 7.38. The van der Waals surface area contributed by atoms with E-state index in [0.717, 1.165) is 37.2 Å². The zero-order chi connectivity index (χ0) is 15.3. The van der Waals surface area contributed by atoms with E-state index in [1.807, 2.05) is 6.07 Å². The number of hydrogen-bond acceptors (Lipinski definition) is 3. The van der Waals surface area contributed by atoms with Crippen LogP contribution < -0.4 is 10.5 Å². The van der Waals surface area contributed by atoms with Crippen molar-refractivity contribution in [3.8, 4) is 0 Å². The van der Waals surface area contributed by atoms with Crippen molar-refractivity contribution < 1.29 is 8.42 Å². The molecule has 1 saturated carbocycles. The number of benzene rings is 1. The van der Waals surface area contributed by atoms with E-state index in [1.54, 1.807) is 18.2 Å². The van der Waals surface area contributed by atoms with E-state index in [1.165, 1.54) is 12.8 Å². The maximum absolute atomic E-state index is 12.4. The molecule has 118 valence electrons. The van der Waals surface area contributed by atoms with Crippen molar-refractivity contribution in [2.24, 2.45) is 11.7 Å². The molecule has 0 bridgehead atoms. The number of sulfonamides is 1. The van der Waals surface area contributed by atoms with Gasteiger partial charge < -0.3 is 5.73 Å². The van der Waals surface area contributed by atoms with Crippen molar-refractivity contribution in [3.05, 3.63) is 29.8 Å². The molecule has 21 heavy (non-hydrogen) atoms. The summed E-state index contributed by atoms with van der Waals surface area (Å²) in [6, 6.07) is 6.95. The second-order valence-electron chi connectivity index (χ2n) is 5.98. The van der Waals surface area contributed by atoms with Crippen molar-refractivity contribution in [2.45, 2.75) is 62.9 Å². The maximum Gasteiger partial charge on any atom is 0.240 e. The lowest BCUT2D eigenvalue weighted by atomic mass is 9.84. The molecule has 1 aromatic rings. The number of rotatable bonds is 6. The van der Waals surface area contributed by atoms with E-state index in [9.17, 15) is 8.42 Å². The van der Waals surface area contributed by atoms with Gasteiger partial charge in [-0.1, -0.05) is 31.9 Å². The van der Waals surface area contributed by atoms with Crippen LogP contribution >= 0.6 is 0 Å². The molecule has 0 radical (unpaired) electrons. The number of hydrogen-bond donors (Lipinski definition) is 2. The van der Waals surface area contributed by atoms with Crippen LogP contribution in [-0.4, -0.2) is 14.5 Å². The highest BCUT2D eigenvalue weighted by Crippen LogP contribution is 2.28. The van der Waals surface area contributed by atoms with Crippen molar-refractivity contribution in [1.29, 1.82) is 0 Å². The van der Waals surface area contributed by atoms with Crippen molar-refractivity contribution in [3.63, 3.8) is 0 Å². The average molecular weight is 310 g/mol. The van der Waals surface area contributed by atoms with Gasteiger partial charge in [0.15, 0.2) is 0 Å². The standard InChI is InChI=1S/C16H26N2O2S/c1-2-4-13-7-9-15(10-8-13)18-21(19,20)16-6-3-5-14(11-16)12-17/h3,5-6,11,13,15,18H,2,4,7-10,12,17H2,1H3. The molecule has 4 nitrogen and oxygen atoms in total. The van der Waals surface area contributed by atoms with Crippen molar-refractivity contribution in [2.75, 3.05) is 0 Å². The minimum absolute atomic E-state index is 0.0737. The molecular formula is C16H26N2O2S. The number of nitrogens with one attached hydrogen (secondary N) is 1. The van der Waals surface area contributed by atoms with E-state index < -0.39 is 10.0 Å². The number of nitrogens with two attached hydrogens (primary N) is 1. The fraction of sp³-hybridized carbons (Fsp3) is 0.625. The van der Waals surface area contributed by atoms with Crippen LogP contribution in [0.4, 0.5) is 0 Å². The maximum atomic E-state index is 12.4. The summed E-state index contributed by atoms with van der Waals surface area (Å²) in [4.78, 5) is 0.320. The Morgan fingerprint density at radius 1 is 1.24 bits per heavy atom. The average Bonchev–Trinajstić information content (AvgIpc) is 2.49. The van der Waals surface area contributed by atoms with Gasteiger partial charge in [-0.15, -0.1) is 0 Å². The van der Waals surface area contributed by atoms with Crippen LogP contribution in [0.3, 0.4) is 0 Å². The molecule has 0 atom stereocenters.